The molecule has 5 heteroatoms. The highest BCUT2D eigenvalue weighted by molar-refractivity contribution is 5.05. The van der Waals surface area contributed by atoms with Gasteiger partial charge >= 0.3 is 0 Å². The molecule has 1 aliphatic rings. The van der Waals surface area contributed by atoms with Gasteiger partial charge in [-0.05, 0) is 32.6 Å². The predicted octanol–water partition coefficient (Wildman–Crippen LogP) is 1.25. The van der Waals surface area contributed by atoms with Crippen molar-refractivity contribution in [3.8, 4) is 0 Å². The molecule has 0 spiro atoms. The summed E-state index contributed by atoms with van der Waals surface area (Å²) in [6.07, 6.45) is 8.24. The van der Waals surface area contributed by atoms with E-state index in [0.29, 0.717) is 6.10 Å². The highest BCUT2D eigenvalue weighted by Crippen LogP contribution is 2.22. The Labute approximate surface area is 102 Å². The first-order valence-electron chi connectivity index (χ1n) is 6.16. The van der Waals surface area contributed by atoms with Crippen LogP contribution in [0, 0.1) is 6.92 Å². The largest absolute Gasteiger partial charge is 0.378 e. The summed E-state index contributed by atoms with van der Waals surface area (Å²) >= 11 is 0. The maximum absolute atomic E-state index is 5.60. The number of aromatic nitrogens is 2. The van der Waals surface area contributed by atoms with Crippen molar-refractivity contribution in [2.24, 2.45) is 5.84 Å². The second-order valence-electron chi connectivity index (χ2n) is 4.51. The molecule has 17 heavy (non-hydrogen) atoms. The zero-order chi connectivity index (χ0) is 12.1. The normalized spacial score (nSPS) is 21.6. The van der Waals surface area contributed by atoms with Crippen LogP contribution in [0.1, 0.15) is 43.1 Å². The molecule has 2 unspecified atom stereocenters. The Bertz CT molecular complexity index is 335. The molecule has 0 aromatic carbocycles. The summed E-state index contributed by atoms with van der Waals surface area (Å²) in [5.41, 5.74) is 4.62. The summed E-state index contributed by atoms with van der Waals surface area (Å²) in [7, 11) is 0. The van der Waals surface area contributed by atoms with E-state index in [0.717, 1.165) is 37.3 Å². The van der Waals surface area contributed by atoms with Gasteiger partial charge in [-0.2, -0.15) is 0 Å². The summed E-state index contributed by atoms with van der Waals surface area (Å²) in [4.78, 5) is 8.59. The number of hydrogen-bond acceptors (Lipinski definition) is 5. The Morgan fingerprint density at radius 2 is 2.41 bits per heavy atom. The number of rotatable bonds is 5. The van der Waals surface area contributed by atoms with Crippen molar-refractivity contribution in [1.82, 2.24) is 15.4 Å². The molecule has 0 amide bonds. The molecule has 94 valence electrons. The van der Waals surface area contributed by atoms with Gasteiger partial charge in [-0.1, -0.05) is 0 Å². The highest BCUT2D eigenvalue weighted by Gasteiger charge is 2.19. The summed E-state index contributed by atoms with van der Waals surface area (Å²) in [5.74, 6) is 5.57. The summed E-state index contributed by atoms with van der Waals surface area (Å²) in [6, 6.07) is 0.0623. The average molecular weight is 236 g/mol. The molecule has 0 radical (unpaired) electrons. The molecule has 1 saturated heterocycles. The van der Waals surface area contributed by atoms with E-state index in [-0.39, 0.29) is 6.04 Å². The zero-order valence-electron chi connectivity index (χ0n) is 10.2. The van der Waals surface area contributed by atoms with Crippen molar-refractivity contribution in [3.63, 3.8) is 0 Å². The Kier molecular flexibility index (Phi) is 4.42. The topological polar surface area (TPSA) is 73.1 Å². The van der Waals surface area contributed by atoms with Gasteiger partial charge in [0.1, 0.15) is 0 Å². The third-order valence-corrected chi connectivity index (χ3v) is 3.16. The molecule has 2 atom stereocenters. The lowest BCUT2D eigenvalue weighted by Crippen LogP contribution is -2.29. The van der Waals surface area contributed by atoms with Gasteiger partial charge in [-0.3, -0.25) is 21.2 Å². The summed E-state index contributed by atoms with van der Waals surface area (Å²) in [6.45, 7) is 2.82. The fourth-order valence-electron chi connectivity index (χ4n) is 2.12. The third kappa shape index (κ3) is 3.46. The van der Waals surface area contributed by atoms with Gasteiger partial charge in [-0.25, -0.2) is 0 Å². The van der Waals surface area contributed by atoms with E-state index >= 15 is 0 Å². The molecular weight excluding hydrogens is 216 g/mol. The van der Waals surface area contributed by atoms with Crippen LogP contribution in [0.15, 0.2) is 12.4 Å². The van der Waals surface area contributed by atoms with Crippen LogP contribution in [0.3, 0.4) is 0 Å². The molecule has 1 fully saturated rings. The van der Waals surface area contributed by atoms with Crippen LogP contribution in [-0.2, 0) is 4.74 Å². The van der Waals surface area contributed by atoms with Crippen molar-refractivity contribution in [3.05, 3.63) is 23.8 Å². The molecule has 1 aromatic rings. The van der Waals surface area contributed by atoms with Crippen LogP contribution in [0.4, 0.5) is 0 Å². The number of hydrogen-bond donors (Lipinski definition) is 2. The molecule has 3 N–H and O–H groups in total. The minimum Gasteiger partial charge on any atom is -0.378 e. The van der Waals surface area contributed by atoms with E-state index in [1.807, 2.05) is 6.92 Å². The minimum absolute atomic E-state index is 0.0623. The fraction of sp³-hybridized carbons (Fsp3) is 0.667. The van der Waals surface area contributed by atoms with E-state index in [2.05, 4.69) is 15.4 Å². The molecule has 1 aliphatic heterocycles. The molecule has 0 aliphatic carbocycles. The fourth-order valence-corrected chi connectivity index (χ4v) is 2.12. The van der Waals surface area contributed by atoms with Crippen LogP contribution >= 0.6 is 0 Å². The van der Waals surface area contributed by atoms with E-state index in [9.17, 15) is 0 Å². The van der Waals surface area contributed by atoms with Gasteiger partial charge in [0.25, 0.3) is 0 Å². The SMILES string of the molecule is Cc1cnc(C(CCC2CCCO2)NN)cn1. The maximum Gasteiger partial charge on any atom is 0.0769 e. The number of nitrogens with one attached hydrogen (secondary N) is 1. The second kappa shape index (κ2) is 6.05. The number of nitrogens with two attached hydrogens (primary N) is 1. The number of nitrogens with zero attached hydrogens (tertiary/aromatic N) is 2. The summed E-state index contributed by atoms with van der Waals surface area (Å²) < 4.78 is 5.60. The van der Waals surface area contributed by atoms with Gasteiger partial charge in [0.2, 0.25) is 0 Å². The third-order valence-electron chi connectivity index (χ3n) is 3.16. The number of hydrazine groups is 1. The van der Waals surface area contributed by atoms with Crippen LogP contribution < -0.4 is 11.3 Å². The van der Waals surface area contributed by atoms with Crippen molar-refractivity contribution >= 4 is 0 Å². The van der Waals surface area contributed by atoms with Gasteiger partial charge < -0.3 is 4.74 Å². The lowest BCUT2D eigenvalue weighted by atomic mass is 10.0. The van der Waals surface area contributed by atoms with Crippen LogP contribution in [0.25, 0.3) is 0 Å². The standard InChI is InChI=1S/C12H20N4O/c1-9-7-15-12(8-14-9)11(16-13)5-4-10-3-2-6-17-10/h7-8,10-11,16H,2-6,13H2,1H3. The van der Waals surface area contributed by atoms with Crippen molar-refractivity contribution in [1.29, 1.82) is 0 Å². The quantitative estimate of drug-likeness (QED) is 0.594. The first-order valence-corrected chi connectivity index (χ1v) is 6.16. The monoisotopic (exact) mass is 236 g/mol. The van der Waals surface area contributed by atoms with Gasteiger partial charge in [-0.15, -0.1) is 0 Å². The van der Waals surface area contributed by atoms with E-state index in [1.165, 1.54) is 6.42 Å². The molecule has 2 heterocycles. The molecule has 5 nitrogen and oxygen atoms in total. The van der Waals surface area contributed by atoms with Crippen LogP contribution in [0.2, 0.25) is 0 Å². The van der Waals surface area contributed by atoms with Crippen LogP contribution in [0.5, 0.6) is 0 Å². The zero-order valence-corrected chi connectivity index (χ0v) is 10.2. The molecular formula is C12H20N4O. The van der Waals surface area contributed by atoms with Crippen molar-refractivity contribution in [2.45, 2.75) is 44.8 Å². The Morgan fingerprint density at radius 3 is 3.00 bits per heavy atom. The first kappa shape index (κ1) is 12.4. The predicted molar refractivity (Wildman–Crippen MR) is 65.0 cm³/mol. The second-order valence-corrected chi connectivity index (χ2v) is 4.51. The first-order chi connectivity index (χ1) is 8.29. The van der Waals surface area contributed by atoms with E-state index in [1.54, 1.807) is 12.4 Å². The number of ether oxygens (including phenoxy) is 1. The Morgan fingerprint density at radius 1 is 1.53 bits per heavy atom. The number of aryl methyl sites for hydroxylation is 1. The van der Waals surface area contributed by atoms with E-state index < -0.39 is 0 Å². The summed E-state index contributed by atoms with van der Waals surface area (Å²) in [5, 5.41) is 0. The molecule has 0 bridgehead atoms. The molecule has 0 saturated carbocycles. The van der Waals surface area contributed by atoms with Gasteiger partial charge in [0, 0.05) is 12.8 Å². The Hall–Kier alpha value is -1.04. The molecule has 2 rings (SSSR count). The maximum atomic E-state index is 5.60. The molecule has 1 aromatic heterocycles. The van der Waals surface area contributed by atoms with E-state index in [4.69, 9.17) is 10.6 Å². The van der Waals surface area contributed by atoms with Crippen LogP contribution in [-0.4, -0.2) is 22.7 Å². The van der Waals surface area contributed by atoms with Crippen molar-refractivity contribution < 1.29 is 4.74 Å². The smallest absolute Gasteiger partial charge is 0.0769 e. The van der Waals surface area contributed by atoms with Gasteiger partial charge in [0.15, 0.2) is 0 Å². The lowest BCUT2D eigenvalue weighted by Gasteiger charge is -2.17. The Balaban J connectivity index is 1.89. The highest BCUT2D eigenvalue weighted by atomic mass is 16.5. The van der Waals surface area contributed by atoms with Crippen molar-refractivity contribution in [2.75, 3.05) is 6.61 Å². The van der Waals surface area contributed by atoms with Gasteiger partial charge in [0.05, 0.1) is 29.7 Å². The minimum atomic E-state index is 0.0623. The average Bonchev–Trinajstić information content (AvgIpc) is 2.85. The lowest BCUT2D eigenvalue weighted by molar-refractivity contribution is 0.0994.